The van der Waals surface area contributed by atoms with E-state index in [1.54, 1.807) is 17.1 Å². The maximum Gasteiger partial charge on any atom is 0.239 e. The molecule has 0 saturated carbocycles. The fourth-order valence-electron chi connectivity index (χ4n) is 3.62. The van der Waals surface area contributed by atoms with Crippen LogP contribution in [0, 0.1) is 0 Å². The molecule has 0 radical (unpaired) electrons. The zero-order valence-electron chi connectivity index (χ0n) is 17.2. The van der Waals surface area contributed by atoms with Crippen LogP contribution in [-0.2, 0) is 11.8 Å². The molecule has 0 atom stereocenters. The molecule has 29 heavy (non-hydrogen) atoms. The van der Waals surface area contributed by atoms with Crippen LogP contribution < -0.4 is 5.32 Å². The number of hydrogen-bond donors (Lipinski definition) is 1. The van der Waals surface area contributed by atoms with E-state index >= 15 is 0 Å². The Bertz CT molecular complexity index is 1010. The Morgan fingerprint density at radius 2 is 1.97 bits per heavy atom. The first kappa shape index (κ1) is 19.5. The van der Waals surface area contributed by atoms with Crippen molar-refractivity contribution in [1.29, 1.82) is 0 Å². The molecule has 3 aromatic rings. The molecule has 8 heteroatoms. The van der Waals surface area contributed by atoms with Gasteiger partial charge in [0.1, 0.15) is 5.82 Å². The minimum Gasteiger partial charge on any atom is -0.310 e. The summed E-state index contributed by atoms with van der Waals surface area (Å²) in [4.78, 5) is 26.2. The van der Waals surface area contributed by atoms with Crippen molar-refractivity contribution in [3.05, 3.63) is 36.8 Å². The molecular weight excluding hydrogens is 366 g/mol. The second-order valence-electron chi connectivity index (χ2n) is 7.82. The number of rotatable bonds is 5. The number of nitrogens with one attached hydrogen (secondary N) is 1. The van der Waals surface area contributed by atoms with Gasteiger partial charge in [0, 0.05) is 68.7 Å². The van der Waals surface area contributed by atoms with Crippen LogP contribution in [0.3, 0.4) is 0 Å². The summed E-state index contributed by atoms with van der Waals surface area (Å²) >= 11 is 0. The minimum absolute atomic E-state index is 0.0433. The standard InChI is InChI=1S/C21H27N7O/c1-15(2)28-8-6-27(7-9-28)14-21(29)25-20-10-19-16(11-22-20)4-5-18(24-19)17-12-23-26(3)13-17/h4-5,10-13,15H,6-9,14H2,1-3H3,(H,22,25,29). The number of fused-ring (bicyclic) bond motifs is 1. The van der Waals surface area contributed by atoms with E-state index in [0.29, 0.717) is 18.4 Å². The number of pyridine rings is 2. The third-order valence-corrected chi connectivity index (χ3v) is 5.35. The monoisotopic (exact) mass is 393 g/mol. The van der Waals surface area contributed by atoms with Gasteiger partial charge in [0.2, 0.25) is 5.91 Å². The largest absolute Gasteiger partial charge is 0.310 e. The molecule has 1 fully saturated rings. The predicted molar refractivity (Wildman–Crippen MR) is 114 cm³/mol. The van der Waals surface area contributed by atoms with Gasteiger partial charge in [-0.1, -0.05) is 0 Å². The van der Waals surface area contributed by atoms with E-state index in [9.17, 15) is 4.79 Å². The van der Waals surface area contributed by atoms with Gasteiger partial charge < -0.3 is 5.32 Å². The first-order valence-corrected chi connectivity index (χ1v) is 10.00. The van der Waals surface area contributed by atoms with E-state index in [1.165, 1.54) is 0 Å². The minimum atomic E-state index is -0.0433. The zero-order valence-corrected chi connectivity index (χ0v) is 17.2. The van der Waals surface area contributed by atoms with Crippen LogP contribution in [0.1, 0.15) is 13.8 Å². The van der Waals surface area contributed by atoms with E-state index in [0.717, 1.165) is 48.3 Å². The SMILES string of the molecule is CC(C)N1CCN(CC(=O)Nc2cc3nc(-c4cnn(C)c4)ccc3cn2)CC1. The lowest BCUT2D eigenvalue weighted by Gasteiger charge is -2.36. The third kappa shape index (κ3) is 4.60. The van der Waals surface area contributed by atoms with E-state index < -0.39 is 0 Å². The number of piperazine rings is 1. The van der Waals surface area contributed by atoms with Crippen molar-refractivity contribution in [3.8, 4) is 11.3 Å². The van der Waals surface area contributed by atoms with Crippen LogP contribution in [0.2, 0.25) is 0 Å². The molecule has 0 bridgehead atoms. The molecule has 0 aromatic carbocycles. The Balaban J connectivity index is 1.42. The highest BCUT2D eigenvalue weighted by molar-refractivity contribution is 5.93. The lowest BCUT2D eigenvalue weighted by atomic mass is 10.2. The van der Waals surface area contributed by atoms with Gasteiger partial charge in [0.25, 0.3) is 0 Å². The number of carbonyl (C=O) groups is 1. The Morgan fingerprint density at radius 1 is 1.17 bits per heavy atom. The highest BCUT2D eigenvalue weighted by Crippen LogP contribution is 2.21. The van der Waals surface area contributed by atoms with Crippen molar-refractivity contribution in [3.63, 3.8) is 0 Å². The molecule has 3 aromatic heterocycles. The first-order chi connectivity index (χ1) is 14.0. The van der Waals surface area contributed by atoms with Crippen LogP contribution in [-0.4, -0.2) is 74.2 Å². The third-order valence-electron chi connectivity index (χ3n) is 5.35. The number of nitrogens with zero attached hydrogens (tertiary/aromatic N) is 6. The lowest BCUT2D eigenvalue weighted by molar-refractivity contribution is -0.117. The second-order valence-corrected chi connectivity index (χ2v) is 7.82. The Morgan fingerprint density at radius 3 is 2.66 bits per heavy atom. The zero-order chi connectivity index (χ0) is 20.4. The number of aromatic nitrogens is 4. The molecule has 152 valence electrons. The molecule has 8 nitrogen and oxygen atoms in total. The Labute approximate surface area is 170 Å². The molecule has 1 N–H and O–H groups in total. The van der Waals surface area contributed by atoms with Crippen molar-refractivity contribution >= 4 is 22.6 Å². The highest BCUT2D eigenvalue weighted by atomic mass is 16.2. The summed E-state index contributed by atoms with van der Waals surface area (Å²) in [5.74, 6) is 0.484. The van der Waals surface area contributed by atoms with Crippen LogP contribution in [0.4, 0.5) is 5.82 Å². The van der Waals surface area contributed by atoms with Crippen molar-refractivity contribution < 1.29 is 4.79 Å². The Hall–Kier alpha value is -2.84. The highest BCUT2D eigenvalue weighted by Gasteiger charge is 2.20. The number of amides is 1. The summed E-state index contributed by atoms with van der Waals surface area (Å²) in [7, 11) is 1.88. The van der Waals surface area contributed by atoms with E-state index in [2.05, 4.69) is 39.0 Å². The van der Waals surface area contributed by atoms with Crippen molar-refractivity contribution in [2.24, 2.45) is 7.05 Å². The van der Waals surface area contributed by atoms with E-state index in [-0.39, 0.29) is 5.91 Å². The quantitative estimate of drug-likeness (QED) is 0.714. The van der Waals surface area contributed by atoms with Gasteiger partial charge >= 0.3 is 0 Å². The fourth-order valence-corrected chi connectivity index (χ4v) is 3.62. The normalized spacial score (nSPS) is 15.9. The van der Waals surface area contributed by atoms with Gasteiger partial charge in [-0.2, -0.15) is 5.10 Å². The smallest absolute Gasteiger partial charge is 0.239 e. The number of carbonyl (C=O) groups excluding carboxylic acids is 1. The molecule has 1 amide bonds. The topological polar surface area (TPSA) is 79.2 Å². The van der Waals surface area contributed by atoms with Crippen molar-refractivity contribution in [2.45, 2.75) is 19.9 Å². The molecule has 1 saturated heterocycles. The van der Waals surface area contributed by atoms with Gasteiger partial charge in [0.15, 0.2) is 0 Å². The van der Waals surface area contributed by atoms with Crippen LogP contribution in [0.15, 0.2) is 36.8 Å². The maximum absolute atomic E-state index is 12.5. The van der Waals surface area contributed by atoms with Gasteiger partial charge in [0.05, 0.1) is 24.0 Å². The van der Waals surface area contributed by atoms with E-state index in [1.807, 2.05) is 31.4 Å². The average Bonchev–Trinajstić information content (AvgIpc) is 3.14. The molecule has 0 unspecified atom stereocenters. The second kappa shape index (κ2) is 8.26. The summed E-state index contributed by atoms with van der Waals surface area (Å²) in [6.07, 6.45) is 5.46. The number of hydrogen-bond acceptors (Lipinski definition) is 6. The number of aryl methyl sites for hydroxylation is 1. The van der Waals surface area contributed by atoms with Crippen molar-refractivity contribution in [1.82, 2.24) is 29.5 Å². The molecule has 1 aliphatic heterocycles. The Kier molecular flexibility index (Phi) is 5.55. The summed E-state index contributed by atoms with van der Waals surface area (Å²) in [5, 5.41) is 8.05. The fraction of sp³-hybridized carbons (Fsp3) is 0.429. The van der Waals surface area contributed by atoms with Gasteiger partial charge in [-0.3, -0.25) is 19.3 Å². The molecule has 1 aliphatic rings. The van der Waals surface area contributed by atoms with Crippen LogP contribution >= 0.6 is 0 Å². The van der Waals surface area contributed by atoms with Crippen molar-refractivity contribution in [2.75, 3.05) is 38.0 Å². The molecule has 0 aliphatic carbocycles. The van der Waals surface area contributed by atoms with E-state index in [4.69, 9.17) is 4.98 Å². The predicted octanol–water partition coefficient (Wildman–Crippen LogP) is 1.99. The van der Waals surface area contributed by atoms with Crippen LogP contribution in [0.25, 0.3) is 22.2 Å². The van der Waals surface area contributed by atoms with Gasteiger partial charge in [-0.15, -0.1) is 0 Å². The number of anilines is 1. The summed E-state index contributed by atoms with van der Waals surface area (Å²) in [6, 6.07) is 6.31. The van der Waals surface area contributed by atoms with Crippen LogP contribution in [0.5, 0.6) is 0 Å². The average molecular weight is 393 g/mol. The van der Waals surface area contributed by atoms with Gasteiger partial charge in [-0.25, -0.2) is 9.97 Å². The molecule has 4 heterocycles. The van der Waals surface area contributed by atoms with Gasteiger partial charge in [-0.05, 0) is 26.0 Å². The summed E-state index contributed by atoms with van der Waals surface area (Å²) in [6.45, 7) is 8.62. The summed E-state index contributed by atoms with van der Waals surface area (Å²) in [5.41, 5.74) is 2.59. The molecular formula is C21H27N7O. The lowest BCUT2D eigenvalue weighted by Crippen LogP contribution is -2.50. The first-order valence-electron chi connectivity index (χ1n) is 10.00. The maximum atomic E-state index is 12.5. The molecule has 0 spiro atoms. The molecule has 4 rings (SSSR count). The summed E-state index contributed by atoms with van der Waals surface area (Å²) < 4.78 is 1.75.